The van der Waals surface area contributed by atoms with Gasteiger partial charge in [-0.05, 0) is 7.05 Å². The number of rotatable bonds is 7. The lowest BCUT2D eigenvalue weighted by Crippen LogP contribution is -2.53. The number of sulfonamides is 1. The van der Waals surface area contributed by atoms with Crippen LogP contribution in [0.4, 0.5) is 0 Å². The zero-order chi connectivity index (χ0) is 13.8. The normalized spacial score (nSPS) is 21.6. The van der Waals surface area contributed by atoms with Gasteiger partial charge in [0.25, 0.3) is 0 Å². The summed E-state index contributed by atoms with van der Waals surface area (Å²) in [6, 6.07) is 0. The van der Waals surface area contributed by atoms with Gasteiger partial charge in [0, 0.05) is 6.54 Å². The number of hydrogen-bond donors (Lipinski definition) is 7. The Bertz CT molecular complexity index is 322. The van der Waals surface area contributed by atoms with Crippen LogP contribution in [-0.4, -0.2) is 77.4 Å². The van der Waals surface area contributed by atoms with Gasteiger partial charge in [0.2, 0.25) is 10.0 Å². The predicted octanol–water partition coefficient (Wildman–Crippen LogP) is -4.74. The van der Waals surface area contributed by atoms with E-state index in [9.17, 15) is 28.8 Å². The number of nitrogens with one attached hydrogen (secondary N) is 1. The van der Waals surface area contributed by atoms with Crippen molar-refractivity contribution in [3.8, 4) is 0 Å². The van der Waals surface area contributed by atoms with Crippen molar-refractivity contribution in [2.24, 2.45) is 5.14 Å². The Hall–Kier alpha value is -0.330. The van der Waals surface area contributed by atoms with Crippen LogP contribution in [0, 0.1) is 0 Å². The zero-order valence-electron chi connectivity index (χ0n) is 9.13. The second kappa shape index (κ2) is 6.56. The highest BCUT2D eigenvalue weighted by Gasteiger charge is 2.38. The van der Waals surface area contributed by atoms with Crippen molar-refractivity contribution >= 4 is 10.0 Å². The molecule has 5 unspecified atom stereocenters. The molecular formula is C7H18N2O7S. The van der Waals surface area contributed by atoms with E-state index < -0.39 is 39.9 Å². The third-order valence-corrected chi connectivity index (χ3v) is 3.09. The van der Waals surface area contributed by atoms with Gasteiger partial charge in [-0.15, -0.1) is 0 Å². The second-order valence-corrected chi connectivity index (χ2v) is 5.24. The lowest BCUT2D eigenvalue weighted by Gasteiger charge is -2.28. The van der Waals surface area contributed by atoms with Crippen LogP contribution in [-0.2, 0) is 10.0 Å². The average molecular weight is 274 g/mol. The van der Waals surface area contributed by atoms with Crippen molar-refractivity contribution < 1.29 is 34.0 Å². The van der Waals surface area contributed by atoms with E-state index in [0.29, 0.717) is 0 Å². The first-order chi connectivity index (χ1) is 7.62. The monoisotopic (exact) mass is 274 g/mol. The molecule has 0 radical (unpaired) electrons. The van der Waals surface area contributed by atoms with Gasteiger partial charge in [0.05, 0.1) is 6.10 Å². The van der Waals surface area contributed by atoms with Gasteiger partial charge in [0.1, 0.15) is 18.3 Å². The Morgan fingerprint density at radius 1 is 1.06 bits per heavy atom. The molecular weight excluding hydrogens is 256 g/mol. The first-order valence-corrected chi connectivity index (χ1v) is 6.30. The predicted molar refractivity (Wildman–Crippen MR) is 57.1 cm³/mol. The van der Waals surface area contributed by atoms with Crippen molar-refractivity contribution in [2.75, 3.05) is 13.6 Å². The summed E-state index contributed by atoms with van der Waals surface area (Å²) < 4.78 is 21.4. The molecule has 0 rings (SSSR count). The third-order valence-electron chi connectivity index (χ3n) is 2.14. The Kier molecular flexibility index (Phi) is 6.43. The second-order valence-electron chi connectivity index (χ2n) is 3.58. The van der Waals surface area contributed by atoms with Gasteiger partial charge in [-0.2, -0.15) is 0 Å². The summed E-state index contributed by atoms with van der Waals surface area (Å²) >= 11 is 0. The molecule has 0 fully saturated rings. The van der Waals surface area contributed by atoms with Crippen molar-refractivity contribution in [2.45, 2.75) is 29.9 Å². The highest BCUT2D eigenvalue weighted by Crippen LogP contribution is 2.10. The molecule has 104 valence electrons. The molecule has 0 amide bonds. The third kappa shape index (κ3) is 4.81. The van der Waals surface area contributed by atoms with Crippen molar-refractivity contribution in [1.82, 2.24) is 5.32 Å². The highest BCUT2D eigenvalue weighted by atomic mass is 32.2. The summed E-state index contributed by atoms with van der Waals surface area (Å²) in [5.74, 6) is 0. The topological polar surface area (TPSA) is 173 Å². The fourth-order valence-corrected chi connectivity index (χ4v) is 1.67. The first-order valence-electron chi connectivity index (χ1n) is 4.69. The first kappa shape index (κ1) is 16.7. The summed E-state index contributed by atoms with van der Waals surface area (Å²) in [5, 5.41) is 53.3. The van der Waals surface area contributed by atoms with E-state index in [-0.39, 0.29) is 6.54 Å². The number of hydrogen-bond acceptors (Lipinski definition) is 8. The molecule has 0 bridgehead atoms. The molecule has 5 atom stereocenters. The minimum absolute atomic E-state index is 0.101. The molecule has 0 spiro atoms. The average Bonchev–Trinajstić information content (AvgIpc) is 2.24. The molecule has 0 aromatic rings. The van der Waals surface area contributed by atoms with Crippen molar-refractivity contribution in [3.63, 3.8) is 0 Å². The number of likely N-dealkylation sites (N-methyl/N-ethyl adjacent to an activating group) is 1. The molecule has 0 aliphatic carbocycles. The van der Waals surface area contributed by atoms with Gasteiger partial charge >= 0.3 is 0 Å². The van der Waals surface area contributed by atoms with Gasteiger partial charge in [0.15, 0.2) is 5.44 Å². The Morgan fingerprint density at radius 3 is 1.88 bits per heavy atom. The molecule has 0 aliphatic heterocycles. The van der Waals surface area contributed by atoms with E-state index in [1.165, 1.54) is 7.05 Å². The molecule has 0 aliphatic rings. The Balaban J connectivity index is 4.64. The van der Waals surface area contributed by atoms with Crippen LogP contribution in [0.5, 0.6) is 0 Å². The van der Waals surface area contributed by atoms with Crippen LogP contribution in [0.1, 0.15) is 0 Å². The van der Waals surface area contributed by atoms with Gasteiger partial charge in [-0.3, -0.25) is 0 Å². The number of primary sulfonamides is 1. The number of nitrogens with two attached hydrogens (primary N) is 1. The van der Waals surface area contributed by atoms with Crippen LogP contribution < -0.4 is 10.5 Å². The Labute approximate surface area is 98.6 Å². The van der Waals surface area contributed by atoms with E-state index in [0.717, 1.165) is 0 Å². The van der Waals surface area contributed by atoms with Crippen molar-refractivity contribution in [1.29, 1.82) is 0 Å². The van der Waals surface area contributed by atoms with Gasteiger partial charge in [-0.25, -0.2) is 13.6 Å². The van der Waals surface area contributed by atoms with E-state index in [2.05, 4.69) is 10.5 Å². The van der Waals surface area contributed by atoms with Crippen LogP contribution in [0.15, 0.2) is 0 Å². The molecule has 0 aromatic carbocycles. The molecule has 9 nitrogen and oxygen atoms in total. The molecule has 10 heteroatoms. The molecule has 0 saturated carbocycles. The minimum Gasteiger partial charge on any atom is -0.389 e. The maximum atomic E-state index is 10.7. The lowest BCUT2D eigenvalue weighted by molar-refractivity contribution is -0.119. The maximum absolute atomic E-state index is 10.7. The van der Waals surface area contributed by atoms with Crippen molar-refractivity contribution in [3.05, 3.63) is 0 Å². The summed E-state index contributed by atoms with van der Waals surface area (Å²) in [6.07, 6.45) is -7.58. The molecule has 8 N–H and O–H groups in total. The summed E-state index contributed by atoms with van der Waals surface area (Å²) in [7, 11) is -3.01. The van der Waals surface area contributed by atoms with Gasteiger partial charge < -0.3 is 30.8 Å². The van der Waals surface area contributed by atoms with E-state index in [1.54, 1.807) is 0 Å². The fourth-order valence-electron chi connectivity index (χ4n) is 1.12. The van der Waals surface area contributed by atoms with E-state index in [4.69, 9.17) is 5.11 Å². The number of aliphatic hydroxyl groups excluding tert-OH is 5. The van der Waals surface area contributed by atoms with Crippen LogP contribution in [0.2, 0.25) is 0 Å². The minimum atomic E-state index is -4.48. The molecule has 0 aromatic heterocycles. The highest BCUT2D eigenvalue weighted by molar-refractivity contribution is 7.89. The molecule has 0 heterocycles. The molecule has 17 heavy (non-hydrogen) atoms. The quantitative estimate of drug-likeness (QED) is 0.242. The van der Waals surface area contributed by atoms with Crippen LogP contribution >= 0.6 is 0 Å². The number of aliphatic hydroxyl groups is 5. The standard InChI is InChI=1S/C7H18N2O7S/c1-9-2-3(10)4(11)5(12)6(13)7(14)17(8,15)16/h3-7,9-14H,2H2,1H3,(H2,8,15,16). The molecule has 0 saturated heterocycles. The van der Waals surface area contributed by atoms with Crippen LogP contribution in [0.25, 0.3) is 0 Å². The van der Waals surface area contributed by atoms with Gasteiger partial charge in [-0.1, -0.05) is 0 Å². The Morgan fingerprint density at radius 2 is 1.53 bits per heavy atom. The largest absolute Gasteiger partial charge is 0.389 e. The van der Waals surface area contributed by atoms with E-state index in [1.807, 2.05) is 0 Å². The smallest absolute Gasteiger partial charge is 0.238 e. The lowest BCUT2D eigenvalue weighted by atomic mass is 10.0. The zero-order valence-corrected chi connectivity index (χ0v) is 9.95. The fraction of sp³-hybridized carbons (Fsp3) is 1.00. The van der Waals surface area contributed by atoms with E-state index >= 15 is 0 Å². The summed E-state index contributed by atoms with van der Waals surface area (Å²) in [6.45, 7) is -0.101. The summed E-state index contributed by atoms with van der Waals surface area (Å²) in [4.78, 5) is 0. The van der Waals surface area contributed by atoms with Crippen LogP contribution in [0.3, 0.4) is 0 Å². The maximum Gasteiger partial charge on any atom is 0.238 e. The SMILES string of the molecule is CNCC(O)C(O)C(O)C(O)C(O)S(N)(=O)=O. The summed E-state index contributed by atoms with van der Waals surface area (Å²) in [5.41, 5.74) is -2.45.